The number of hydrogen-bond acceptors (Lipinski definition) is 3. The second-order valence-electron chi connectivity index (χ2n) is 5.48. The normalized spacial score (nSPS) is 23.6. The number of hydrogen-bond donors (Lipinski definition) is 1. The van der Waals surface area contributed by atoms with Gasteiger partial charge in [0.25, 0.3) is 0 Å². The van der Waals surface area contributed by atoms with E-state index in [0.717, 1.165) is 13.1 Å². The Morgan fingerprint density at radius 1 is 1.17 bits per heavy atom. The van der Waals surface area contributed by atoms with E-state index in [1.165, 1.54) is 48.4 Å². The third-order valence-corrected chi connectivity index (χ3v) is 5.59. The highest BCUT2D eigenvalue weighted by Crippen LogP contribution is 2.35. The molecule has 0 amide bonds. The summed E-state index contributed by atoms with van der Waals surface area (Å²) in [6.45, 7) is 3.09. The molecule has 0 radical (unpaired) electrons. The van der Waals surface area contributed by atoms with Gasteiger partial charge in [-0.3, -0.25) is 4.90 Å². The Balaban J connectivity index is 1.81. The Hall–Kier alpha value is -0.510. The van der Waals surface area contributed by atoms with Crippen molar-refractivity contribution in [3.8, 4) is 0 Å². The maximum Gasteiger partial charge on any atom is 0.0351 e. The molecule has 3 heteroatoms. The van der Waals surface area contributed by atoms with E-state index in [4.69, 9.17) is 5.73 Å². The predicted molar refractivity (Wildman–Crippen MR) is 78.9 cm³/mol. The molecule has 0 atom stereocenters. The first kappa shape index (κ1) is 12.5. The molecule has 0 spiro atoms. The lowest BCUT2D eigenvalue weighted by Crippen LogP contribution is -2.57. The fourth-order valence-corrected chi connectivity index (χ4v) is 4.55. The lowest BCUT2D eigenvalue weighted by Gasteiger charge is -2.47. The lowest BCUT2D eigenvalue weighted by molar-refractivity contribution is 0.0707. The van der Waals surface area contributed by atoms with Gasteiger partial charge in [-0.25, -0.2) is 0 Å². The number of benzene rings is 1. The van der Waals surface area contributed by atoms with Crippen molar-refractivity contribution in [1.29, 1.82) is 0 Å². The average molecular weight is 262 g/mol. The van der Waals surface area contributed by atoms with E-state index < -0.39 is 0 Å². The van der Waals surface area contributed by atoms with E-state index in [9.17, 15) is 0 Å². The molecule has 18 heavy (non-hydrogen) atoms. The van der Waals surface area contributed by atoms with Gasteiger partial charge in [0, 0.05) is 25.2 Å². The van der Waals surface area contributed by atoms with Crippen LogP contribution in [0.1, 0.15) is 24.0 Å². The topological polar surface area (TPSA) is 29.3 Å². The maximum absolute atomic E-state index is 6.14. The predicted octanol–water partition coefficient (Wildman–Crippen LogP) is 2.27. The van der Waals surface area contributed by atoms with Gasteiger partial charge < -0.3 is 5.73 Å². The summed E-state index contributed by atoms with van der Waals surface area (Å²) >= 11 is 2.08. The molecule has 2 heterocycles. The van der Waals surface area contributed by atoms with Gasteiger partial charge in [0.1, 0.15) is 0 Å². The third-order valence-electron chi connectivity index (χ3n) is 4.60. The maximum atomic E-state index is 6.14. The van der Waals surface area contributed by atoms with Crippen LogP contribution >= 0.6 is 11.8 Å². The summed E-state index contributed by atoms with van der Waals surface area (Å²) in [5.41, 5.74) is 9.46. The summed E-state index contributed by atoms with van der Waals surface area (Å²) in [6, 6.07) is 8.88. The number of rotatable bonds is 2. The number of nitrogens with two attached hydrogens (primary N) is 1. The molecule has 2 aliphatic heterocycles. The van der Waals surface area contributed by atoms with Crippen LogP contribution in [0.3, 0.4) is 0 Å². The average Bonchev–Trinajstić information content (AvgIpc) is 2.47. The minimum absolute atomic E-state index is 0.277. The van der Waals surface area contributed by atoms with Gasteiger partial charge in [-0.1, -0.05) is 24.3 Å². The number of nitrogens with zero attached hydrogens (tertiary/aromatic N) is 1. The van der Waals surface area contributed by atoms with Gasteiger partial charge in [0.15, 0.2) is 0 Å². The molecule has 1 aromatic rings. The zero-order valence-electron chi connectivity index (χ0n) is 10.9. The Morgan fingerprint density at radius 3 is 2.61 bits per heavy atom. The van der Waals surface area contributed by atoms with Crippen LogP contribution in [-0.2, 0) is 13.0 Å². The van der Waals surface area contributed by atoms with E-state index in [-0.39, 0.29) is 5.54 Å². The van der Waals surface area contributed by atoms with Gasteiger partial charge in [-0.2, -0.15) is 11.8 Å². The highest BCUT2D eigenvalue weighted by molar-refractivity contribution is 7.99. The van der Waals surface area contributed by atoms with Crippen LogP contribution in [-0.4, -0.2) is 35.0 Å². The molecule has 0 aromatic heterocycles. The molecular formula is C15H22N2S. The molecular weight excluding hydrogens is 240 g/mol. The Labute approximate surface area is 114 Å². The fraction of sp³-hybridized carbons (Fsp3) is 0.600. The molecule has 2 N–H and O–H groups in total. The minimum Gasteiger partial charge on any atom is -0.329 e. The molecule has 0 unspecified atom stereocenters. The molecule has 2 nitrogen and oxygen atoms in total. The quantitative estimate of drug-likeness (QED) is 0.886. The Kier molecular flexibility index (Phi) is 3.64. The van der Waals surface area contributed by atoms with Crippen molar-refractivity contribution in [3.63, 3.8) is 0 Å². The first-order valence-corrected chi connectivity index (χ1v) is 8.09. The molecule has 1 aromatic carbocycles. The van der Waals surface area contributed by atoms with Crippen LogP contribution in [0.25, 0.3) is 0 Å². The first-order chi connectivity index (χ1) is 8.84. The molecule has 0 bridgehead atoms. The van der Waals surface area contributed by atoms with Gasteiger partial charge in [-0.05, 0) is 41.9 Å². The molecule has 3 rings (SSSR count). The monoisotopic (exact) mass is 262 g/mol. The molecule has 0 saturated carbocycles. The van der Waals surface area contributed by atoms with Crippen LogP contribution in [0.15, 0.2) is 24.3 Å². The van der Waals surface area contributed by atoms with Gasteiger partial charge in [0.05, 0.1) is 0 Å². The van der Waals surface area contributed by atoms with Crippen LogP contribution < -0.4 is 5.73 Å². The van der Waals surface area contributed by atoms with Crippen molar-refractivity contribution in [2.24, 2.45) is 5.73 Å². The van der Waals surface area contributed by atoms with Crippen molar-refractivity contribution in [2.45, 2.75) is 31.3 Å². The van der Waals surface area contributed by atoms with Crippen molar-refractivity contribution < 1.29 is 0 Å². The summed E-state index contributed by atoms with van der Waals surface area (Å²) in [4.78, 5) is 2.66. The van der Waals surface area contributed by atoms with Crippen molar-refractivity contribution in [3.05, 3.63) is 35.4 Å². The van der Waals surface area contributed by atoms with E-state index in [1.807, 2.05) is 0 Å². The number of fused-ring (bicyclic) bond motifs is 1. The Morgan fingerprint density at radius 2 is 1.89 bits per heavy atom. The van der Waals surface area contributed by atoms with Crippen LogP contribution in [0, 0.1) is 0 Å². The van der Waals surface area contributed by atoms with E-state index in [2.05, 4.69) is 40.9 Å². The standard InChI is InChI=1S/C15H22N2S/c16-12-15(6-9-18-10-7-15)17-8-5-13-3-1-2-4-14(13)11-17/h1-4H,5-12,16H2. The van der Waals surface area contributed by atoms with Crippen molar-refractivity contribution >= 4 is 11.8 Å². The zero-order chi connectivity index (χ0) is 12.4. The molecule has 0 aliphatic carbocycles. The molecule has 98 valence electrons. The first-order valence-electron chi connectivity index (χ1n) is 6.94. The smallest absolute Gasteiger partial charge is 0.0351 e. The van der Waals surface area contributed by atoms with Crippen molar-refractivity contribution in [1.82, 2.24) is 4.90 Å². The van der Waals surface area contributed by atoms with Crippen LogP contribution in [0.4, 0.5) is 0 Å². The van der Waals surface area contributed by atoms with E-state index in [1.54, 1.807) is 0 Å². The van der Waals surface area contributed by atoms with Gasteiger partial charge in [-0.15, -0.1) is 0 Å². The van der Waals surface area contributed by atoms with Crippen LogP contribution in [0.5, 0.6) is 0 Å². The molecule has 2 aliphatic rings. The summed E-state index contributed by atoms with van der Waals surface area (Å²) in [5, 5.41) is 0. The second kappa shape index (κ2) is 5.24. The minimum atomic E-state index is 0.277. The molecule has 1 fully saturated rings. The SMILES string of the molecule is NCC1(N2CCc3ccccc3C2)CCSCC1. The lowest BCUT2D eigenvalue weighted by atomic mass is 9.86. The highest BCUT2D eigenvalue weighted by Gasteiger charge is 2.38. The molecule has 1 saturated heterocycles. The second-order valence-corrected chi connectivity index (χ2v) is 6.71. The summed E-state index contributed by atoms with van der Waals surface area (Å²) in [5.74, 6) is 2.55. The van der Waals surface area contributed by atoms with Crippen molar-refractivity contribution in [2.75, 3.05) is 24.6 Å². The summed E-state index contributed by atoms with van der Waals surface area (Å²) in [6.07, 6.45) is 3.71. The largest absolute Gasteiger partial charge is 0.329 e. The zero-order valence-corrected chi connectivity index (χ0v) is 11.7. The number of thioether (sulfide) groups is 1. The van der Waals surface area contributed by atoms with E-state index >= 15 is 0 Å². The van der Waals surface area contributed by atoms with Crippen LogP contribution in [0.2, 0.25) is 0 Å². The summed E-state index contributed by atoms with van der Waals surface area (Å²) in [7, 11) is 0. The van der Waals surface area contributed by atoms with Gasteiger partial charge in [0.2, 0.25) is 0 Å². The highest BCUT2D eigenvalue weighted by atomic mass is 32.2. The van der Waals surface area contributed by atoms with E-state index in [0.29, 0.717) is 0 Å². The summed E-state index contributed by atoms with van der Waals surface area (Å²) < 4.78 is 0. The van der Waals surface area contributed by atoms with Gasteiger partial charge >= 0.3 is 0 Å². The third kappa shape index (κ3) is 2.20. The fourth-order valence-electron chi connectivity index (χ4n) is 3.30. The Bertz CT molecular complexity index is 413.